The SMILES string of the molecule is Cc1ccc(C(C)(O)CNC2CC(C)N(C)CC2C)o1. The topological polar surface area (TPSA) is 48.6 Å². The molecule has 1 fully saturated rings. The second-order valence-electron chi connectivity index (χ2n) is 6.67. The molecular formula is C16H28N2O2. The van der Waals surface area contributed by atoms with Crippen LogP contribution in [0.1, 0.15) is 38.7 Å². The molecular weight excluding hydrogens is 252 g/mol. The molecule has 20 heavy (non-hydrogen) atoms. The summed E-state index contributed by atoms with van der Waals surface area (Å²) in [6.45, 7) is 9.85. The second kappa shape index (κ2) is 5.88. The lowest BCUT2D eigenvalue weighted by Crippen LogP contribution is -2.53. The van der Waals surface area contributed by atoms with Crippen LogP contribution in [0.4, 0.5) is 0 Å². The molecule has 0 bridgehead atoms. The number of rotatable bonds is 4. The Kier molecular flexibility index (Phi) is 4.57. The van der Waals surface area contributed by atoms with Crippen molar-refractivity contribution in [3.63, 3.8) is 0 Å². The van der Waals surface area contributed by atoms with Gasteiger partial charge in [0.25, 0.3) is 0 Å². The maximum atomic E-state index is 10.6. The van der Waals surface area contributed by atoms with Gasteiger partial charge in [0.15, 0.2) is 0 Å². The van der Waals surface area contributed by atoms with Crippen LogP contribution in [-0.4, -0.2) is 42.2 Å². The highest BCUT2D eigenvalue weighted by molar-refractivity contribution is 5.13. The van der Waals surface area contributed by atoms with Gasteiger partial charge in [-0.05, 0) is 52.3 Å². The van der Waals surface area contributed by atoms with E-state index < -0.39 is 5.60 Å². The van der Waals surface area contributed by atoms with E-state index in [1.54, 1.807) is 6.92 Å². The van der Waals surface area contributed by atoms with Gasteiger partial charge in [0, 0.05) is 25.2 Å². The molecule has 1 saturated heterocycles. The van der Waals surface area contributed by atoms with Crippen molar-refractivity contribution in [2.24, 2.45) is 5.92 Å². The first-order chi connectivity index (χ1) is 9.29. The van der Waals surface area contributed by atoms with Gasteiger partial charge in [-0.2, -0.15) is 0 Å². The van der Waals surface area contributed by atoms with Crippen molar-refractivity contribution >= 4 is 0 Å². The number of piperidine rings is 1. The third-order valence-electron chi connectivity index (χ3n) is 4.59. The van der Waals surface area contributed by atoms with E-state index in [4.69, 9.17) is 4.42 Å². The van der Waals surface area contributed by atoms with Gasteiger partial charge in [-0.3, -0.25) is 0 Å². The highest BCUT2D eigenvalue weighted by Crippen LogP contribution is 2.25. The first kappa shape index (κ1) is 15.5. The lowest BCUT2D eigenvalue weighted by atomic mass is 9.89. The predicted octanol–water partition coefficient (Wildman–Crippen LogP) is 2.11. The van der Waals surface area contributed by atoms with Crippen molar-refractivity contribution in [1.29, 1.82) is 0 Å². The molecule has 114 valence electrons. The minimum atomic E-state index is -0.958. The van der Waals surface area contributed by atoms with Crippen molar-refractivity contribution in [3.05, 3.63) is 23.7 Å². The van der Waals surface area contributed by atoms with Crippen molar-refractivity contribution in [3.8, 4) is 0 Å². The third kappa shape index (κ3) is 3.43. The Morgan fingerprint density at radius 2 is 2.15 bits per heavy atom. The predicted molar refractivity (Wildman–Crippen MR) is 80.7 cm³/mol. The van der Waals surface area contributed by atoms with Crippen LogP contribution in [0.5, 0.6) is 0 Å². The summed E-state index contributed by atoms with van der Waals surface area (Å²) >= 11 is 0. The molecule has 4 heteroatoms. The summed E-state index contributed by atoms with van der Waals surface area (Å²) in [7, 11) is 2.18. The quantitative estimate of drug-likeness (QED) is 0.887. The molecule has 2 rings (SSSR count). The standard InChI is InChI=1S/C16H28N2O2/c1-11-9-18(5)12(2)8-14(11)17-10-16(4,19)15-7-6-13(3)20-15/h6-7,11-12,14,17,19H,8-10H2,1-5H3. The number of nitrogens with one attached hydrogen (secondary N) is 1. The highest BCUT2D eigenvalue weighted by Gasteiger charge is 2.32. The molecule has 1 aromatic heterocycles. The molecule has 0 saturated carbocycles. The van der Waals surface area contributed by atoms with Crippen LogP contribution in [0.25, 0.3) is 0 Å². The molecule has 1 aromatic rings. The summed E-state index contributed by atoms with van der Waals surface area (Å²) in [6, 6.07) is 4.78. The minimum absolute atomic E-state index is 0.448. The van der Waals surface area contributed by atoms with E-state index in [0.717, 1.165) is 18.7 Å². The zero-order chi connectivity index (χ0) is 14.9. The average molecular weight is 280 g/mol. The molecule has 0 amide bonds. The van der Waals surface area contributed by atoms with Gasteiger partial charge in [0.2, 0.25) is 0 Å². The number of likely N-dealkylation sites (tertiary alicyclic amines) is 1. The Morgan fingerprint density at radius 3 is 2.75 bits per heavy atom. The molecule has 4 nitrogen and oxygen atoms in total. The fourth-order valence-electron chi connectivity index (χ4n) is 2.97. The van der Waals surface area contributed by atoms with Gasteiger partial charge >= 0.3 is 0 Å². The van der Waals surface area contributed by atoms with Crippen molar-refractivity contribution in [1.82, 2.24) is 10.2 Å². The lowest BCUT2D eigenvalue weighted by molar-refractivity contribution is 0.0223. The van der Waals surface area contributed by atoms with E-state index in [1.807, 2.05) is 19.1 Å². The van der Waals surface area contributed by atoms with Crippen LogP contribution in [0.2, 0.25) is 0 Å². The molecule has 1 aliphatic rings. The van der Waals surface area contributed by atoms with Gasteiger partial charge in [-0.25, -0.2) is 0 Å². The summed E-state index contributed by atoms with van der Waals surface area (Å²) in [4.78, 5) is 2.40. The number of furan rings is 1. The van der Waals surface area contributed by atoms with Gasteiger partial charge in [-0.1, -0.05) is 6.92 Å². The molecule has 2 N–H and O–H groups in total. The fraction of sp³-hybridized carbons (Fsp3) is 0.750. The molecule has 4 atom stereocenters. The Bertz CT molecular complexity index is 441. The van der Waals surface area contributed by atoms with Crippen molar-refractivity contribution in [2.45, 2.75) is 51.8 Å². The monoisotopic (exact) mass is 280 g/mol. The Morgan fingerprint density at radius 1 is 1.45 bits per heavy atom. The molecule has 0 radical (unpaired) electrons. The van der Waals surface area contributed by atoms with E-state index in [2.05, 4.69) is 31.1 Å². The smallest absolute Gasteiger partial charge is 0.136 e. The lowest BCUT2D eigenvalue weighted by Gasteiger charge is -2.41. The largest absolute Gasteiger partial charge is 0.463 e. The van der Waals surface area contributed by atoms with E-state index in [9.17, 15) is 5.11 Å². The average Bonchev–Trinajstić information content (AvgIpc) is 2.80. The summed E-state index contributed by atoms with van der Waals surface area (Å²) in [5, 5.41) is 14.1. The number of aliphatic hydroxyl groups is 1. The molecule has 0 spiro atoms. The first-order valence-electron chi connectivity index (χ1n) is 7.52. The molecule has 4 unspecified atom stereocenters. The van der Waals surface area contributed by atoms with Gasteiger partial charge in [0.1, 0.15) is 17.1 Å². The van der Waals surface area contributed by atoms with Crippen LogP contribution >= 0.6 is 0 Å². The zero-order valence-electron chi connectivity index (χ0n) is 13.3. The van der Waals surface area contributed by atoms with E-state index >= 15 is 0 Å². The van der Waals surface area contributed by atoms with Crippen LogP contribution in [0.3, 0.4) is 0 Å². The fourth-order valence-corrected chi connectivity index (χ4v) is 2.97. The van der Waals surface area contributed by atoms with Crippen molar-refractivity contribution in [2.75, 3.05) is 20.1 Å². The van der Waals surface area contributed by atoms with Gasteiger partial charge in [-0.15, -0.1) is 0 Å². The number of hydrogen-bond acceptors (Lipinski definition) is 4. The normalized spacial score (nSPS) is 31.2. The number of nitrogens with zero attached hydrogens (tertiary/aromatic N) is 1. The second-order valence-corrected chi connectivity index (χ2v) is 6.67. The van der Waals surface area contributed by atoms with Crippen LogP contribution in [-0.2, 0) is 5.60 Å². The van der Waals surface area contributed by atoms with E-state index in [-0.39, 0.29) is 0 Å². The molecule has 0 aromatic carbocycles. The number of hydrogen-bond donors (Lipinski definition) is 2. The minimum Gasteiger partial charge on any atom is -0.463 e. The zero-order valence-corrected chi connectivity index (χ0v) is 13.3. The summed E-state index contributed by atoms with van der Waals surface area (Å²) in [5.41, 5.74) is -0.958. The Hall–Kier alpha value is -0.840. The maximum absolute atomic E-state index is 10.6. The third-order valence-corrected chi connectivity index (χ3v) is 4.59. The van der Waals surface area contributed by atoms with Crippen molar-refractivity contribution < 1.29 is 9.52 Å². The summed E-state index contributed by atoms with van der Waals surface area (Å²) in [5.74, 6) is 2.06. The van der Waals surface area contributed by atoms with Gasteiger partial charge < -0.3 is 19.7 Å². The summed E-state index contributed by atoms with van der Waals surface area (Å²) < 4.78 is 5.55. The maximum Gasteiger partial charge on any atom is 0.136 e. The Labute approximate surface area is 122 Å². The van der Waals surface area contributed by atoms with E-state index in [1.165, 1.54) is 0 Å². The number of aryl methyl sites for hydroxylation is 1. The van der Waals surface area contributed by atoms with E-state index in [0.29, 0.717) is 30.3 Å². The highest BCUT2D eigenvalue weighted by atomic mass is 16.4. The first-order valence-corrected chi connectivity index (χ1v) is 7.52. The van der Waals surface area contributed by atoms with Crippen LogP contribution in [0.15, 0.2) is 16.5 Å². The summed E-state index contributed by atoms with van der Waals surface area (Å²) in [6.07, 6.45) is 1.12. The van der Waals surface area contributed by atoms with Gasteiger partial charge in [0.05, 0.1) is 0 Å². The molecule has 0 aliphatic carbocycles. The molecule has 1 aliphatic heterocycles. The molecule has 2 heterocycles. The Balaban J connectivity index is 1.94. The van der Waals surface area contributed by atoms with Crippen LogP contribution in [0, 0.1) is 12.8 Å². The van der Waals surface area contributed by atoms with Crippen LogP contribution < -0.4 is 5.32 Å².